The van der Waals surface area contributed by atoms with E-state index in [2.05, 4.69) is 210 Å². The topological polar surface area (TPSA) is 28.3 Å². The number of hydrogen-bond acceptors (Lipinski definition) is 2. The Morgan fingerprint density at radius 3 is 1.46 bits per heavy atom. The number of rotatable bonds is 8. The van der Waals surface area contributed by atoms with Crippen LogP contribution in [0.2, 0.25) is 0 Å². The summed E-state index contributed by atoms with van der Waals surface area (Å²) >= 11 is 2.56. The lowest BCUT2D eigenvalue weighted by Crippen LogP contribution is -2.62. The van der Waals surface area contributed by atoms with E-state index in [1.54, 1.807) is 0 Å². The zero-order valence-electron chi connectivity index (χ0n) is 39.5. The van der Waals surface area contributed by atoms with Crippen molar-refractivity contribution in [3.8, 4) is 56.6 Å². The van der Waals surface area contributed by atoms with Crippen molar-refractivity contribution in [2.24, 2.45) is 0 Å². The van der Waals surface area contributed by atoms with Crippen LogP contribution in [0.1, 0.15) is 56.2 Å². The molecule has 6 heterocycles. The maximum atomic E-state index is 7.35. The van der Waals surface area contributed by atoms with Crippen molar-refractivity contribution in [1.82, 2.24) is 9.13 Å². The summed E-state index contributed by atoms with van der Waals surface area (Å²) < 4.78 is 21.1. The van der Waals surface area contributed by atoms with Gasteiger partial charge in [0.05, 0.1) is 11.0 Å². The lowest BCUT2D eigenvalue weighted by molar-refractivity contribution is 0.465. The van der Waals surface area contributed by atoms with E-state index in [1.165, 1.54) is 145 Å². The molecule has 0 spiro atoms. The molecule has 2 aromatic heterocycles. The summed E-state index contributed by atoms with van der Waals surface area (Å²) in [4.78, 5) is 0. The number of ether oxygens (including phenoxy) is 2. The first-order valence-electron chi connectivity index (χ1n) is 25.3. The zero-order chi connectivity index (χ0) is 46.5. The van der Waals surface area contributed by atoms with Gasteiger partial charge in [0.1, 0.15) is 23.0 Å². The van der Waals surface area contributed by atoms with Gasteiger partial charge < -0.3 is 18.6 Å². The minimum atomic E-state index is -0.0621. The van der Waals surface area contributed by atoms with E-state index in [1.807, 2.05) is 0 Å². The summed E-state index contributed by atoms with van der Waals surface area (Å²) in [7, 11) is 0. The molecule has 0 radical (unpaired) electrons. The quantitative estimate of drug-likeness (QED) is 0.112. The number of nitrogens with zero attached hydrogens (tertiary/aromatic N) is 2. The average Bonchev–Trinajstić information content (AvgIpc) is 3.89. The second-order valence-corrected chi connectivity index (χ2v) is 21.5. The van der Waals surface area contributed by atoms with E-state index >= 15 is 0 Å². The van der Waals surface area contributed by atoms with E-state index < -0.39 is 0 Å². The van der Waals surface area contributed by atoms with Crippen LogP contribution in [0.25, 0.3) is 77.2 Å². The number of hydrogen-bond donors (Lipinski definition) is 0. The Hall–Kier alpha value is -6.96. The Morgan fingerprint density at radius 2 is 0.943 bits per heavy atom. The Morgan fingerprint density at radius 1 is 0.443 bits per heavy atom. The van der Waals surface area contributed by atoms with E-state index in [9.17, 15) is 0 Å². The van der Waals surface area contributed by atoms with E-state index in [4.69, 9.17) is 9.47 Å². The van der Waals surface area contributed by atoms with Crippen molar-refractivity contribution < 1.29 is 9.47 Å². The van der Waals surface area contributed by atoms with Gasteiger partial charge in [0.25, 0.3) is 13.4 Å². The minimum absolute atomic E-state index is 0.0588. The highest BCUT2D eigenvalue weighted by Crippen LogP contribution is 2.44. The molecular weight excluding hydrogens is 965 g/mol. The third-order valence-corrected chi connectivity index (χ3v) is 16.6. The van der Waals surface area contributed by atoms with Gasteiger partial charge in [-0.3, -0.25) is 0 Å². The SMILES string of the molecule is CCCCc1ccc2c(c1)c1cc(C)cc3c1n2-c1cc(-c2ccccc2)cc2c1B3c1cc3c(cc1O2)Oc1cc(-c2ccccc2)cc2c1B3c1cc(I)cc3c4cc(CCCC)ccc4n-2c13. The molecule has 70 heavy (non-hydrogen) atoms. The van der Waals surface area contributed by atoms with Crippen LogP contribution in [0.4, 0.5) is 0 Å². The molecule has 334 valence electrons. The molecule has 0 bridgehead atoms. The van der Waals surface area contributed by atoms with Crippen LogP contribution in [0.5, 0.6) is 23.0 Å². The van der Waals surface area contributed by atoms with Crippen LogP contribution in [0, 0.1) is 10.5 Å². The lowest BCUT2D eigenvalue weighted by Gasteiger charge is -2.37. The molecule has 0 N–H and O–H groups in total. The van der Waals surface area contributed by atoms with Crippen molar-refractivity contribution in [2.45, 2.75) is 59.3 Å². The molecule has 0 amide bonds. The van der Waals surface area contributed by atoms with Crippen molar-refractivity contribution in [2.75, 3.05) is 0 Å². The van der Waals surface area contributed by atoms with Crippen LogP contribution in [-0.2, 0) is 12.8 Å². The fraction of sp³-hybridized carbons (Fsp3) is 0.143. The second kappa shape index (κ2) is 15.3. The third-order valence-electron chi connectivity index (χ3n) is 16.0. The molecule has 15 rings (SSSR count). The summed E-state index contributed by atoms with van der Waals surface area (Å²) in [6.07, 6.45) is 6.89. The number of fused-ring (bicyclic) bond motifs is 14. The molecule has 9 aromatic carbocycles. The van der Waals surface area contributed by atoms with Gasteiger partial charge in [-0.1, -0.05) is 123 Å². The van der Waals surface area contributed by atoms with Gasteiger partial charge in [-0.25, -0.2) is 0 Å². The summed E-state index contributed by atoms with van der Waals surface area (Å²) in [6, 6.07) is 59.8. The first-order valence-corrected chi connectivity index (χ1v) is 26.4. The van der Waals surface area contributed by atoms with Gasteiger partial charge in [0.15, 0.2) is 0 Å². The molecule has 0 unspecified atom stereocenters. The van der Waals surface area contributed by atoms with Crippen LogP contribution in [0.15, 0.2) is 158 Å². The first-order chi connectivity index (χ1) is 34.4. The fourth-order valence-corrected chi connectivity index (χ4v) is 13.6. The molecule has 7 heteroatoms. The smallest absolute Gasteiger partial charge is 0.256 e. The second-order valence-electron chi connectivity index (χ2n) is 20.3. The maximum absolute atomic E-state index is 7.35. The highest BCUT2D eigenvalue weighted by atomic mass is 127. The van der Waals surface area contributed by atoms with Crippen molar-refractivity contribution in [3.05, 3.63) is 178 Å². The molecule has 0 aliphatic carbocycles. The Kier molecular flexibility index (Phi) is 8.92. The molecule has 0 saturated carbocycles. The average molecular weight is 1010 g/mol. The lowest BCUT2D eigenvalue weighted by atomic mass is 9.31. The molecule has 0 atom stereocenters. The van der Waals surface area contributed by atoms with Crippen molar-refractivity contribution in [3.63, 3.8) is 0 Å². The largest absolute Gasteiger partial charge is 0.458 e. The third kappa shape index (κ3) is 5.78. The van der Waals surface area contributed by atoms with Gasteiger partial charge in [-0.2, -0.15) is 0 Å². The summed E-state index contributed by atoms with van der Waals surface area (Å²) in [6.45, 7) is 6.71. The molecule has 4 nitrogen and oxygen atoms in total. The number of benzene rings is 9. The minimum Gasteiger partial charge on any atom is -0.458 e. The van der Waals surface area contributed by atoms with E-state index in [-0.39, 0.29) is 13.4 Å². The van der Waals surface area contributed by atoms with E-state index in [0.717, 1.165) is 47.0 Å². The fourth-order valence-electron chi connectivity index (χ4n) is 12.9. The van der Waals surface area contributed by atoms with Crippen molar-refractivity contribution >= 4 is 112 Å². The van der Waals surface area contributed by atoms with E-state index in [0.29, 0.717) is 0 Å². The van der Waals surface area contributed by atoms with Gasteiger partial charge in [0.2, 0.25) is 0 Å². The highest BCUT2D eigenvalue weighted by molar-refractivity contribution is 14.1. The molecule has 4 aliphatic rings. The van der Waals surface area contributed by atoms with Gasteiger partial charge in [-0.05, 0) is 182 Å². The Balaban J connectivity index is 1.01. The molecule has 11 aromatic rings. The summed E-state index contributed by atoms with van der Waals surface area (Å²) in [5.41, 5.74) is 23.6. The molecule has 4 aliphatic heterocycles. The van der Waals surface area contributed by atoms with Crippen LogP contribution >= 0.6 is 22.6 Å². The first kappa shape index (κ1) is 40.9. The molecule has 0 saturated heterocycles. The van der Waals surface area contributed by atoms with Crippen LogP contribution < -0.4 is 42.3 Å². The van der Waals surface area contributed by atoms with Gasteiger partial charge in [-0.15, -0.1) is 0 Å². The predicted octanol–water partition coefficient (Wildman–Crippen LogP) is 12.7. The van der Waals surface area contributed by atoms with Gasteiger partial charge in [0, 0.05) is 53.6 Å². The van der Waals surface area contributed by atoms with Crippen molar-refractivity contribution in [1.29, 1.82) is 0 Å². The maximum Gasteiger partial charge on any atom is 0.256 e. The number of aryl methyl sites for hydroxylation is 3. The number of halogens is 1. The Labute approximate surface area is 422 Å². The Bertz CT molecular complexity index is 3820. The standard InChI is InChI=1S/C63H47B2IN2O2/c1-4-6-14-37-20-22-52-44(26-37)46-24-36(3)25-50-62(46)67(52)54-28-41(39-16-10-8-11-17-39)30-58-60(54)64(50)48-34-49-57(35-56(48)69-58)70-59-31-42(40-18-12-9-13-19-40)29-55-61(59)65(49)51-33-43(66)32-47-45-27-38(15-7-5-2)21-23-53(45)68(55)63(47)51/h8-13,16-35H,4-7,14-15H2,1-3H3. The zero-order valence-corrected chi connectivity index (χ0v) is 41.7. The number of aromatic nitrogens is 2. The normalized spacial score (nSPS) is 13.4. The summed E-state index contributed by atoms with van der Waals surface area (Å²) in [5.74, 6) is 3.51. The molecule has 0 fully saturated rings. The monoisotopic (exact) mass is 1010 g/mol. The molecular formula is C63H47B2IN2O2. The van der Waals surface area contributed by atoms with Gasteiger partial charge >= 0.3 is 0 Å². The van der Waals surface area contributed by atoms with Crippen LogP contribution in [0.3, 0.4) is 0 Å². The predicted molar refractivity (Wildman–Crippen MR) is 303 cm³/mol. The van der Waals surface area contributed by atoms with Crippen LogP contribution in [-0.4, -0.2) is 22.6 Å². The number of unbranched alkanes of at least 4 members (excludes halogenated alkanes) is 2. The summed E-state index contributed by atoms with van der Waals surface area (Å²) in [5, 5.41) is 5.28. The highest BCUT2D eigenvalue weighted by Gasteiger charge is 2.46.